The highest BCUT2D eigenvalue weighted by molar-refractivity contribution is 5.80. The van der Waals surface area contributed by atoms with E-state index in [1.807, 2.05) is 4.68 Å². The van der Waals surface area contributed by atoms with E-state index in [1.54, 1.807) is 0 Å². The fourth-order valence-electron chi connectivity index (χ4n) is 3.96. The van der Waals surface area contributed by atoms with Gasteiger partial charge < -0.3 is 10.2 Å². The van der Waals surface area contributed by atoms with Crippen LogP contribution in [0.15, 0.2) is 11.8 Å². The lowest BCUT2D eigenvalue weighted by molar-refractivity contribution is -0.129. The fraction of sp³-hybridized carbons (Fsp3) is 0.737. The van der Waals surface area contributed by atoms with Crippen LogP contribution in [0, 0.1) is 0 Å². The van der Waals surface area contributed by atoms with Gasteiger partial charge in [0.25, 0.3) is 0 Å². The van der Waals surface area contributed by atoms with E-state index in [0.29, 0.717) is 18.6 Å². The minimum absolute atomic E-state index is 0.245. The lowest BCUT2D eigenvalue weighted by Gasteiger charge is -2.29. The van der Waals surface area contributed by atoms with E-state index >= 15 is 0 Å². The molecule has 0 saturated heterocycles. The second kappa shape index (κ2) is 7.28. The summed E-state index contributed by atoms with van der Waals surface area (Å²) in [5, 5.41) is 8.04. The molecule has 4 rings (SSSR count). The quantitative estimate of drug-likeness (QED) is 0.860. The maximum atomic E-state index is 12.9. The molecule has 0 bridgehead atoms. The molecule has 0 radical (unpaired) electrons. The molecule has 1 N–H and O–H groups in total. The lowest BCUT2D eigenvalue weighted by atomic mass is 10.0. The molecule has 0 unspecified atom stereocenters. The topological polar surface area (TPSA) is 63.1 Å². The van der Waals surface area contributed by atoms with E-state index < -0.39 is 0 Å². The Hall–Kier alpha value is -1.69. The molecule has 2 heterocycles. The van der Waals surface area contributed by atoms with E-state index in [9.17, 15) is 4.79 Å². The fourth-order valence-corrected chi connectivity index (χ4v) is 3.96. The zero-order valence-corrected chi connectivity index (χ0v) is 15.2. The van der Waals surface area contributed by atoms with Gasteiger partial charge in [-0.2, -0.15) is 5.10 Å². The molecule has 0 spiro atoms. The molecule has 136 valence electrons. The number of fused-ring (bicyclic) bond motifs is 1. The van der Waals surface area contributed by atoms with Gasteiger partial charge in [0.1, 0.15) is 5.82 Å². The maximum Gasteiger partial charge on any atom is 0.240 e. The van der Waals surface area contributed by atoms with E-state index in [-0.39, 0.29) is 5.91 Å². The number of rotatable bonds is 6. The van der Waals surface area contributed by atoms with Crippen molar-refractivity contribution in [3.8, 4) is 0 Å². The molecule has 0 aromatic carbocycles. The number of nitrogens with zero attached hydrogens (tertiary/aromatic N) is 4. The lowest BCUT2D eigenvalue weighted by Crippen LogP contribution is -2.45. The number of aromatic nitrogens is 3. The zero-order valence-electron chi connectivity index (χ0n) is 15.2. The van der Waals surface area contributed by atoms with Crippen molar-refractivity contribution in [2.24, 2.45) is 0 Å². The van der Waals surface area contributed by atoms with Gasteiger partial charge in [-0.3, -0.25) is 4.79 Å². The Bertz CT molecular complexity index is 661. The van der Waals surface area contributed by atoms with Crippen LogP contribution in [0.25, 0.3) is 0 Å². The van der Waals surface area contributed by atoms with Crippen molar-refractivity contribution in [1.29, 1.82) is 0 Å². The van der Waals surface area contributed by atoms with Crippen LogP contribution < -0.4 is 5.32 Å². The Kier molecular flexibility index (Phi) is 4.88. The van der Waals surface area contributed by atoms with Crippen molar-refractivity contribution in [2.75, 3.05) is 6.54 Å². The van der Waals surface area contributed by atoms with E-state index in [0.717, 1.165) is 63.1 Å². The smallest absolute Gasteiger partial charge is 0.240 e. The number of carbonyl (C=O) groups excluding carboxylic acids is 1. The highest BCUT2D eigenvalue weighted by Gasteiger charge is 2.35. The van der Waals surface area contributed by atoms with Crippen molar-refractivity contribution >= 4 is 5.91 Å². The molecule has 1 amide bonds. The summed E-state index contributed by atoms with van der Waals surface area (Å²) in [7, 11) is 0. The summed E-state index contributed by atoms with van der Waals surface area (Å²) in [6.45, 7) is 3.34. The van der Waals surface area contributed by atoms with Gasteiger partial charge in [0.05, 0.1) is 13.1 Å². The van der Waals surface area contributed by atoms with E-state index in [1.165, 1.54) is 18.5 Å². The average Bonchev–Trinajstić information content (AvgIpc) is 3.38. The number of carbonyl (C=O) groups is 1. The van der Waals surface area contributed by atoms with Gasteiger partial charge in [-0.05, 0) is 44.9 Å². The first-order chi connectivity index (χ1) is 12.2. The molecule has 25 heavy (non-hydrogen) atoms. The summed E-state index contributed by atoms with van der Waals surface area (Å²) in [5.74, 6) is 2.26. The molecular formula is C19H29N5O. The summed E-state index contributed by atoms with van der Waals surface area (Å²) < 4.78 is 2.02. The van der Waals surface area contributed by atoms with Gasteiger partial charge in [-0.1, -0.05) is 13.0 Å². The van der Waals surface area contributed by atoms with Crippen LogP contribution in [0.5, 0.6) is 0 Å². The van der Waals surface area contributed by atoms with E-state index in [2.05, 4.69) is 33.3 Å². The van der Waals surface area contributed by atoms with Crippen LogP contribution in [0.3, 0.4) is 0 Å². The van der Waals surface area contributed by atoms with Gasteiger partial charge >= 0.3 is 0 Å². The second-order valence-corrected chi connectivity index (χ2v) is 7.53. The van der Waals surface area contributed by atoms with Crippen molar-refractivity contribution in [1.82, 2.24) is 25.0 Å². The predicted molar refractivity (Wildman–Crippen MR) is 95.9 cm³/mol. The average molecular weight is 343 g/mol. The SMILES string of the molecule is CCc1nc2n(n1)C[C@H](NCC(=O)N(C1=CCCCC1)C1CC1)CC2. The van der Waals surface area contributed by atoms with Gasteiger partial charge in [0.2, 0.25) is 5.91 Å². The van der Waals surface area contributed by atoms with Gasteiger partial charge in [0, 0.05) is 30.6 Å². The highest BCUT2D eigenvalue weighted by Crippen LogP contribution is 2.33. The number of aryl methyl sites for hydroxylation is 2. The molecule has 1 aromatic rings. The predicted octanol–water partition coefficient (Wildman–Crippen LogP) is 2.19. The first kappa shape index (κ1) is 16.8. The van der Waals surface area contributed by atoms with Crippen LogP contribution in [0.1, 0.15) is 63.5 Å². The van der Waals surface area contributed by atoms with E-state index in [4.69, 9.17) is 0 Å². The van der Waals surface area contributed by atoms with Crippen molar-refractivity contribution in [3.63, 3.8) is 0 Å². The van der Waals surface area contributed by atoms with Crippen molar-refractivity contribution in [2.45, 2.75) is 83.3 Å². The van der Waals surface area contributed by atoms with Gasteiger partial charge in [0.15, 0.2) is 5.82 Å². The third kappa shape index (κ3) is 3.78. The van der Waals surface area contributed by atoms with Crippen LogP contribution >= 0.6 is 0 Å². The van der Waals surface area contributed by atoms with Crippen molar-refractivity contribution in [3.05, 3.63) is 23.4 Å². The Balaban J connectivity index is 1.34. The first-order valence-electron chi connectivity index (χ1n) is 9.91. The van der Waals surface area contributed by atoms with Crippen molar-refractivity contribution < 1.29 is 4.79 Å². The number of amides is 1. The summed E-state index contributed by atoms with van der Waals surface area (Å²) in [5.41, 5.74) is 1.27. The largest absolute Gasteiger partial charge is 0.312 e. The highest BCUT2D eigenvalue weighted by atomic mass is 16.2. The number of hydrogen-bond acceptors (Lipinski definition) is 4. The zero-order chi connectivity index (χ0) is 17.2. The Labute approximate surface area is 149 Å². The molecule has 1 aromatic heterocycles. The molecule has 6 nitrogen and oxygen atoms in total. The maximum absolute atomic E-state index is 12.9. The Morgan fingerprint density at radius 3 is 2.92 bits per heavy atom. The second-order valence-electron chi connectivity index (χ2n) is 7.53. The summed E-state index contributed by atoms with van der Waals surface area (Å²) >= 11 is 0. The molecular weight excluding hydrogens is 314 g/mol. The standard InChI is InChI=1S/C19H29N5O/c1-2-17-21-18-11-8-14(13-23(18)22-17)20-12-19(25)24(16-9-10-16)15-6-4-3-5-7-15/h6,14,16,20H,2-5,7-13H2,1H3/t14-/m1/s1. The minimum atomic E-state index is 0.245. The molecule has 2 aliphatic carbocycles. The van der Waals surface area contributed by atoms with Gasteiger partial charge in [-0.15, -0.1) is 0 Å². The number of allylic oxidation sites excluding steroid dienone is 2. The van der Waals surface area contributed by atoms with Crippen LogP contribution in [0.2, 0.25) is 0 Å². The molecule has 1 atom stereocenters. The third-order valence-electron chi connectivity index (χ3n) is 5.52. The minimum Gasteiger partial charge on any atom is -0.312 e. The molecule has 1 saturated carbocycles. The third-order valence-corrected chi connectivity index (χ3v) is 5.52. The molecule has 1 fully saturated rings. The number of hydrogen-bond donors (Lipinski definition) is 1. The first-order valence-corrected chi connectivity index (χ1v) is 9.91. The normalized spacial score (nSPS) is 23.1. The monoisotopic (exact) mass is 343 g/mol. The molecule has 6 heteroatoms. The molecule has 3 aliphatic rings. The molecule has 1 aliphatic heterocycles. The summed E-state index contributed by atoms with van der Waals surface area (Å²) in [6, 6.07) is 0.767. The Morgan fingerprint density at radius 2 is 2.20 bits per heavy atom. The Morgan fingerprint density at radius 1 is 1.32 bits per heavy atom. The summed E-state index contributed by atoms with van der Waals surface area (Å²) in [6.07, 6.45) is 12.1. The van der Waals surface area contributed by atoms with Gasteiger partial charge in [-0.25, -0.2) is 9.67 Å². The van der Waals surface area contributed by atoms with Crippen LogP contribution in [-0.2, 0) is 24.2 Å². The van der Waals surface area contributed by atoms with Crippen LogP contribution in [0.4, 0.5) is 0 Å². The van der Waals surface area contributed by atoms with Crippen LogP contribution in [-0.4, -0.2) is 44.2 Å². The summed E-state index contributed by atoms with van der Waals surface area (Å²) in [4.78, 5) is 19.5. The number of nitrogens with one attached hydrogen (secondary N) is 1.